The second-order valence-electron chi connectivity index (χ2n) is 6.26. The van der Waals surface area contributed by atoms with E-state index in [1.165, 1.54) is 6.20 Å². The molecule has 0 radical (unpaired) electrons. The Balaban J connectivity index is 1.66. The first-order valence-electron chi connectivity index (χ1n) is 8.37. The van der Waals surface area contributed by atoms with Crippen molar-refractivity contribution in [3.05, 3.63) is 57.7 Å². The van der Waals surface area contributed by atoms with Gasteiger partial charge in [0, 0.05) is 36.7 Å². The maximum Gasteiger partial charge on any atom is 0.185 e. The van der Waals surface area contributed by atoms with Crippen LogP contribution in [0.2, 0.25) is 0 Å². The van der Waals surface area contributed by atoms with E-state index >= 15 is 0 Å². The molecule has 0 saturated carbocycles. The summed E-state index contributed by atoms with van der Waals surface area (Å²) in [6.45, 7) is 2.56. The Kier molecular flexibility index (Phi) is 4.54. The van der Waals surface area contributed by atoms with E-state index in [-0.39, 0.29) is 0 Å². The second kappa shape index (κ2) is 6.97. The minimum Gasteiger partial charge on any atom is -0.619 e. The van der Waals surface area contributed by atoms with Gasteiger partial charge in [0.2, 0.25) is 0 Å². The molecule has 0 aliphatic carbocycles. The smallest absolute Gasteiger partial charge is 0.185 e. The van der Waals surface area contributed by atoms with Crippen molar-refractivity contribution in [2.24, 2.45) is 0 Å². The maximum absolute atomic E-state index is 11.4. The number of anilines is 1. The van der Waals surface area contributed by atoms with Crippen LogP contribution in [0.3, 0.4) is 0 Å². The lowest BCUT2D eigenvalue weighted by molar-refractivity contribution is -0.605. The molecule has 1 atom stereocenters. The monoisotopic (exact) mass is 402 g/mol. The van der Waals surface area contributed by atoms with E-state index in [1.54, 1.807) is 23.0 Å². The number of aromatic nitrogens is 4. The lowest BCUT2D eigenvalue weighted by Crippen LogP contribution is -2.29. The van der Waals surface area contributed by atoms with Gasteiger partial charge in [-0.1, -0.05) is 0 Å². The van der Waals surface area contributed by atoms with Gasteiger partial charge in [0.15, 0.2) is 18.0 Å². The number of rotatable bonds is 4. The number of piperidine rings is 1. The Morgan fingerprint density at radius 2 is 2.40 bits per heavy atom. The summed E-state index contributed by atoms with van der Waals surface area (Å²) in [5, 5.41) is 22.7. The van der Waals surface area contributed by atoms with Gasteiger partial charge in [-0.25, -0.2) is 4.98 Å². The fourth-order valence-corrected chi connectivity index (χ4v) is 3.54. The molecule has 1 aliphatic heterocycles. The van der Waals surface area contributed by atoms with Gasteiger partial charge in [-0.3, -0.25) is 0 Å². The molecule has 7 nitrogen and oxygen atoms in total. The van der Waals surface area contributed by atoms with Crippen molar-refractivity contribution in [2.45, 2.75) is 25.3 Å². The predicted octanol–water partition coefficient (Wildman–Crippen LogP) is 2.20. The molecule has 0 spiro atoms. The summed E-state index contributed by atoms with van der Waals surface area (Å²) in [7, 11) is 0. The van der Waals surface area contributed by atoms with Gasteiger partial charge in [-0.15, -0.1) is 0 Å². The van der Waals surface area contributed by atoms with Crippen LogP contribution in [0.1, 0.15) is 30.0 Å². The Hall–Kier alpha value is -2.19. The molecule has 0 aromatic carbocycles. The van der Waals surface area contributed by atoms with Crippen LogP contribution in [0.15, 0.2) is 41.3 Å². The Labute approximate surface area is 153 Å². The van der Waals surface area contributed by atoms with Crippen LogP contribution >= 0.6 is 15.9 Å². The molecule has 0 bridgehead atoms. The molecule has 0 amide bonds. The molecule has 1 saturated heterocycles. The molecule has 25 heavy (non-hydrogen) atoms. The van der Waals surface area contributed by atoms with E-state index in [0.717, 1.165) is 57.9 Å². The summed E-state index contributed by atoms with van der Waals surface area (Å²) >= 11 is 3.53. The van der Waals surface area contributed by atoms with Gasteiger partial charge < -0.3 is 15.8 Å². The first-order valence-corrected chi connectivity index (χ1v) is 9.16. The highest BCUT2D eigenvalue weighted by molar-refractivity contribution is 9.10. The lowest BCUT2D eigenvalue weighted by atomic mass is 9.96. The van der Waals surface area contributed by atoms with Crippen molar-refractivity contribution >= 4 is 27.4 Å². The van der Waals surface area contributed by atoms with Gasteiger partial charge in [0.25, 0.3) is 0 Å². The van der Waals surface area contributed by atoms with Gasteiger partial charge in [-0.2, -0.15) is 14.3 Å². The van der Waals surface area contributed by atoms with Crippen molar-refractivity contribution in [1.82, 2.24) is 19.9 Å². The lowest BCUT2D eigenvalue weighted by Gasteiger charge is -2.23. The maximum atomic E-state index is 11.4. The molecule has 8 heteroatoms. The molecule has 2 N–H and O–H groups in total. The number of hydrogen-bond acceptors (Lipinski definition) is 5. The number of nitrogens with one attached hydrogen (secondary N) is 2. The van der Waals surface area contributed by atoms with E-state index in [4.69, 9.17) is 4.98 Å². The highest BCUT2D eigenvalue weighted by atomic mass is 79.9. The second-order valence-corrected chi connectivity index (χ2v) is 7.12. The molecule has 130 valence electrons. The molecule has 3 aromatic rings. The summed E-state index contributed by atoms with van der Waals surface area (Å²) in [6.07, 6.45) is 7.10. The minimum atomic E-state index is 0.404. The SMILES string of the molecule is [O-][n+]1cccc(CNc2cc(C3CCCNC3)nc3c(Br)cnn23)c1. The third-order valence-electron chi connectivity index (χ3n) is 4.47. The average molecular weight is 403 g/mol. The summed E-state index contributed by atoms with van der Waals surface area (Å²) in [6, 6.07) is 5.73. The fourth-order valence-electron chi connectivity index (χ4n) is 3.19. The number of hydrogen-bond donors (Lipinski definition) is 2. The Morgan fingerprint density at radius 3 is 3.20 bits per heavy atom. The van der Waals surface area contributed by atoms with E-state index in [9.17, 15) is 5.21 Å². The first kappa shape index (κ1) is 16.3. The number of nitrogens with zero attached hydrogens (tertiary/aromatic N) is 4. The van der Waals surface area contributed by atoms with Crippen molar-refractivity contribution in [3.8, 4) is 0 Å². The predicted molar refractivity (Wildman–Crippen MR) is 98.3 cm³/mol. The third kappa shape index (κ3) is 3.45. The molecular weight excluding hydrogens is 384 g/mol. The van der Waals surface area contributed by atoms with Crippen LogP contribution in [-0.4, -0.2) is 27.7 Å². The minimum absolute atomic E-state index is 0.404. The zero-order valence-corrected chi connectivity index (χ0v) is 15.2. The highest BCUT2D eigenvalue weighted by Gasteiger charge is 2.19. The summed E-state index contributed by atoms with van der Waals surface area (Å²) in [5.74, 6) is 1.28. The molecule has 1 aliphatic rings. The zero-order valence-electron chi connectivity index (χ0n) is 13.7. The Morgan fingerprint density at radius 1 is 1.48 bits per heavy atom. The molecule has 1 fully saturated rings. The van der Waals surface area contributed by atoms with Crippen LogP contribution < -0.4 is 15.4 Å². The quantitative estimate of drug-likeness (QED) is 0.516. The fraction of sp³-hybridized carbons (Fsp3) is 0.353. The van der Waals surface area contributed by atoms with E-state index in [2.05, 4.69) is 37.7 Å². The average Bonchev–Trinajstić information content (AvgIpc) is 3.02. The summed E-state index contributed by atoms with van der Waals surface area (Å²) in [5.41, 5.74) is 2.78. The Bertz CT molecular complexity index is 890. The van der Waals surface area contributed by atoms with Gasteiger partial charge in [0.05, 0.1) is 16.4 Å². The molecular formula is C17H19BrN6O. The van der Waals surface area contributed by atoms with Crippen LogP contribution in [0, 0.1) is 5.21 Å². The van der Waals surface area contributed by atoms with Crippen LogP contribution in [0.25, 0.3) is 5.65 Å². The zero-order chi connectivity index (χ0) is 17.2. The van der Waals surface area contributed by atoms with E-state index < -0.39 is 0 Å². The number of pyridine rings is 1. The van der Waals surface area contributed by atoms with Crippen molar-refractivity contribution in [1.29, 1.82) is 0 Å². The number of halogens is 1. The van der Waals surface area contributed by atoms with Crippen LogP contribution in [0.5, 0.6) is 0 Å². The van der Waals surface area contributed by atoms with Gasteiger partial charge >= 0.3 is 0 Å². The van der Waals surface area contributed by atoms with Crippen molar-refractivity contribution in [3.63, 3.8) is 0 Å². The van der Waals surface area contributed by atoms with E-state index in [1.807, 2.05) is 6.07 Å². The largest absolute Gasteiger partial charge is 0.619 e. The van der Waals surface area contributed by atoms with Gasteiger partial charge in [0.1, 0.15) is 5.82 Å². The highest BCUT2D eigenvalue weighted by Crippen LogP contribution is 2.27. The summed E-state index contributed by atoms with van der Waals surface area (Å²) < 4.78 is 3.47. The number of fused-ring (bicyclic) bond motifs is 1. The third-order valence-corrected chi connectivity index (χ3v) is 5.03. The van der Waals surface area contributed by atoms with Crippen molar-refractivity contribution in [2.75, 3.05) is 18.4 Å². The normalized spacial score (nSPS) is 17.7. The molecule has 1 unspecified atom stereocenters. The topological polar surface area (TPSA) is 81.2 Å². The van der Waals surface area contributed by atoms with Gasteiger partial charge in [-0.05, 0) is 41.4 Å². The molecule has 4 heterocycles. The van der Waals surface area contributed by atoms with Crippen molar-refractivity contribution < 1.29 is 4.73 Å². The standard InChI is InChI=1S/C17H19BrN6O/c18-14-10-21-24-16(20-8-12-3-2-6-23(25)11-12)7-15(22-17(14)24)13-4-1-5-19-9-13/h2-3,6-7,10-11,13,19-20H,1,4-5,8-9H2. The van der Waals surface area contributed by atoms with E-state index in [0.29, 0.717) is 12.5 Å². The summed E-state index contributed by atoms with van der Waals surface area (Å²) in [4.78, 5) is 4.81. The molecule has 3 aromatic heterocycles. The van der Waals surface area contributed by atoms with Crippen LogP contribution in [0.4, 0.5) is 5.82 Å². The molecule has 4 rings (SSSR count). The first-order chi connectivity index (χ1) is 12.2. The van der Waals surface area contributed by atoms with Crippen LogP contribution in [-0.2, 0) is 6.54 Å².